The summed E-state index contributed by atoms with van der Waals surface area (Å²) in [6.45, 7) is 3.46. The molecule has 2 aromatic carbocycles. The van der Waals surface area contributed by atoms with Crippen LogP contribution < -0.4 is 22.1 Å². The van der Waals surface area contributed by atoms with Gasteiger partial charge in [0, 0.05) is 25.3 Å². The van der Waals surface area contributed by atoms with E-state index in [1.54, 1.807) is 0 Å². The van der Waals surface area contributed by atoms with E-state index in [1.165, 1.54) is 4.90 Å². The first-order valence-electron chi connectivity index (χ1n) is 14.7. The van der Waals surface area contributed by atoms with Gasteiger partial charge >= 0.3 is 5.97 Å². The van der Waals surface area contributed by atoms with Crippen molar-refractivity contribution in [2.45, 2.75) is 69.5 Å². The Morgan fingerprint density at radius 2 is 1.67 bits per heavy atom. The molecule has 1 aliphatic rings. The lowest BCUT2D eigenvalue weighted by Crippen LogP contribution is -2.59. The summed E-state index contributed by atoms with van der Waals surface area (Å²) in [5.41, 5.74) is 11.5. The number of fused-ring (bicyclic) bond motifs is 1. The number of nitrogens with two attached hydrogens (primary N) is 2. The van der Waals surface area contributed by atoms with E-state index >= 15 is 0 Å². The highest BCUT2D eigenvalue weighted by Gasteiger charge is 2.38. The fourth-order valence-corrected chi connectivity index (χ4v) is 5.43. The lowest BCUT2D eigenvalue weighted by atomic mass is 9.90. The van der Waals surface area contributed by atoms with Crippen molar-refractivity contribution in [2.75, 3.05) is 6.54 Å². The van der Waals surface area contributed by atoms with Gasteiger partial charge in [-0.1, -0.05) is 49.0 Å². The normalized spacial score (nSPS) is 16.5. The SMILES string of the molecule is C=CC(=O)N[C@@H](CC(=O)O)C(=O)N1CCCC[C@H]1C(=O)N[C@@H](Cc1ccc2ccccc2c1)C(=O)C[C@@H](CCC(N)=O)C(N)=O. The van der Waals surface area contributed by atoms with Gasteiger partial charge in [-0.15, -0.1) is 0 Å². The third-order valence-corrected chi connectivity index (χ3v) is 7.82. The summed E-state index contributed by atoms with van der Waals surface area (Å²) < 4.78 is 0. The number of carbonyl (C=O) groups excluding carboxylic acids is 6. The first-order chi connectivity index (χ1) is 21.4. The molecule has 240 valence electrons. The van der Waals surface area contributed by atoms with Crippen LogP contribution in [0.2, 0.25) is 0 Å². The summed E-state index contributed by atoms with van der Waals surface area (Å²) in [4.78, 5) is 88.9. The molecule has 7 N–H and O–H groups in total. The van der Waals surface area contributed by atoms with Gasteiger partial charge in [-0.2, -0.15) is 0 Å². The van der Waals surface area contributed by atoms with Crippen molar-refractivity contribution in [3.05, 3.63) is 60.7 Å². The molecule has 4 atom stereocenters. The number of carboxylic acids is 1. The van der Waals surface area contributed by atoms with Crippen molar-refractivity contribution in [3.8, 4) is 0 Å². The Morgan fingerprint density at radius 1 is 0.956 bits per heavy atom. The minimum Gasteiger partial charge on any atom is -0.481 e. The molecule has 0 aromatic heterocycles. The summed E-state index contributed by atoms with van der Waals surface area (Å²) in [5.74, 6) is -6.37. The number of benzene rings is 2. The summed E-state index contributed by atoms with van der Waals surface area (Å²) in [7, 11) is 0. The fraction of sp³-hybridized carbons (Fsp3) is 0.406. The Bertz CT molecular complexity index is 1470. The number of primary amides is 2. The topological polar surface area (TPSA) is 219 Å². The molecular weight excluding hydrogens is 582 g/mol. The number of piperidine rings is 1. The number of amides is 5. The van der Waals surface area contributed by atoms with Crippen LogP contribution in [0.4, 0.5) is 0 Å². The van der Waals surface area contributed by atoms with E-state index in [-0.39, 0.29) is 38.6 Å². The van der Waals surface area contributed by atoms with Gasteiger partial charge in [-0.05, 0) is 54.5 Å². The van der Waals surface area contributed by atoms with Crippen LogP contribution in [-0.4, -0.2) is 76.0 Å². The Kier molecular flexibility index (Phi) is 12.3. The Hall–Kier alpha value is -5.07. The van der Waals surface area contributed by atoms with Crippen molar-refractivity contribution >= 4 is 52.1 Å². The summed E-state index contributed by atoms with van der Waals surface area (Å²) in [6.07, 6.45) is 1.12. The highest BCUT2D eigenvalue weighted by Crippen LogP contribution is 2.22. The van der Waals surface area contributed by atoms with Gasteiger partial charge < -0.3 is 32.1 Å². The maximum Gasteiger partial charge on any atom is 0.305 e. The zero-order chi connectivity index (χ0) is 33.1. The molecule has 3 rings (SSSR count). The van der Waals surface area contributed by atoms with E-state index in [2.05, 4.69) is 17.2 Å². The van der Waals surface area contributed by atoms with Crippen LogP contribution in [0, 0.1) is 5.92 Å². The van der Waals surface area contributed by atoms with Crippen molar-refractivity contribution < 1.29 is 38.7 Å². The number of hydrogen-bond acceptors (Lipinski definition) is 7. The maximum atomic E-state index is 13.8. The van der Waals surface area contributed by atoms with Gasteiger partial charge in [0.05, 0.1) is 12.5 Å². The van der Waals surface area contributed by atoms with E-state index in [0.29, 0.717) is 12.8 Å². The first kappa shape index (κ1) is 34.4. The number of carbonyl (C=O) groups is 7. The number of likely N-dealkylation sites (tertiary alicyclic amines) is 1. The molecule has 1 fully saturated rings. The molecule has 0 bridgehead atoms. The van der Waals surface area contributed by atoms with Crippen LogP contribution in [-0.2, 0) is 40.0 Å². The maximum absolute atomic E-state index is 13.8. The zero-order valence-electron chi connectivity index (χ0n) is 24.9. The minimum absolute atomic E-state index is 0.0284. The molecular formula is C32H39N5O8. The van der Waals surface area contributed by atoms with Crippen molar-refractivity contribution in [3.63, 3.8) is 0 Å². The number of carboxylic acid groups (broad SMARTS) is 1. The van der Waals surface area contributed by atoms with E-state index in [1.807, 2.05) is 42.5 Å². The summed E-state index contributed by atoms with van der Waals surface area (Å²) >= 11 is 0. The van der Waals surface area contributed by atoms with Crippen LogP contribution in [0.5, 0.6) is 0 Å². The summed E-state index contributed by atoms with van der Waals surface area (Å²) in [5, 5.41) is 16.3. The molecule has 1 saturated heterocycles. The van der Waals surface area contributed by atoms with Crippen LogP contribution in [0.3, 0.4) is 0 Å². The van der Waals surface area contributed by atoms with Crippen LogP contribution in [0.25, 0.3) is 10.8 Å². The van der Waals surface area contributed by atoms with Crippen molar-refractivity contribution in [1.29, 1.82) is 0 Å². The average molecular weight is 622 g/mol. The molecule has 1 aliphatic heterocycles. The van der Waals surface area contributed by atoms with E-state index in [0.717, 1.165) is 22.4 Å². The van der Waals surface area contributed by atoms with Gasteiger partial charge in [-0.25, -0.2) is 0 Å². The number of nitrogens with zero attached hydrogens (tertiary/aromatic N) is 1. The molecule has 0 unspecified atom stereocenters. The molecule has 0 aliphatic carbocycles. The second-order valence-corrected chi connectivity index (χ2v) is 11.1. The van der Waals surface area contributed by atoms with E-state index in [4.69, 9.17) is 11.5 Å². The number of Topliss-reactive ketones (excluding diaryl/α,β-unsaturated/α-hetero) is 1. The smallest absolute Gasteiger partial charge is 0.305 e. The Labute approximate surface area is 260 Å². The average Bonchev–Trinajstić information content (AvgIpc) is 3.01. The second-order valence-electron chi connectivity index (χ2n) is 11.1. The molecule has 5 amide bonds. The largest absolute Gasteiger partial charge is 0.481 e. The number of hydrogen-bond donors (Lipinski definition) is 5. The van der Waals surface area contributed by atoms with E-state index in [9.17, 15) is 38.7 Å². The molecule has 0 spiro atoms. The zero-order valence-corrected chi connectivity index (χ0v) is 24.9. The van der Waals surface area contributed by atoms with Gasteiger partial charge in [0.2, 0.25) is 29.5 Å². The van der Waals surface area contributed by atoms with Crippen molar-refractivity contribution in [2.24, 2.45) is 17.4 Å². The van der Waals surface area contributed by atoms with Crippen LogP contribution in [0.1, 0.15) is 50.5 Å². The highest BCUT2D eigenvalue weighted by molar-refractivity contribution is 5.98. The number of ketones is 1. The molecule has 0 radical (unpaired) electrons. The highest BCUT2D eigenvalue weighted by atomic mass is 16.4. The Morgan fingerprint density at radius 3 is 2.31 bits per heavy atom. The predicted octanol–water partition coefficient (Wildman–Crippen LogP) is 0.720. The van der Waals surface area contributed by atoms with Gasteiger partial charge in [-0.3, -0.25) is 33.6 Å². The van der Waals surface area contributed by atoms with Gasteiger partial charge in [0.25, 0.3) is 0 Å². The molecule has 13 nitrogen and oxygen atoms in total. The lowest BCUT2D eigenvalue weighted by molar-refractivity contribution is -0.148. The quantitative estimate of drug-likeness (QED) is 0.168. The third-order valence-electron chi connectivity index (χ3n) is 7.82. The second kappa shape index (κ2) is 16.1. The molecule has 45 heavy (non-hydrogen) atoms. The lowest BCUT2D eigenvalue weighted by Gasteiger charge is -2.37. The molecule has 2 aromatic rings. The first-order valence-corrected chi connectivity index (χ1v) is 14.7. The molecule has 0 saturated carbocycles. The van der Waals surface area contributed by atoms with Gasteiger partial charge in [0.1, 0.15) is 12.1 Å². The number of aliphatic carboxylic acids is 1. The Balaban J connectivity index is 1.88. The number of rotatable bonds is 16. The monoisotopic (exact) mass is 621 g/mol. The molecule has 13 heteroatoms. The third kappa shape index (κ3) is 9.98. The van der Waals surface area contributed by atoms with Crippen LogP contribution in [0.15, 0.2) is 55.1 Å². The minimum atomic E-state index is -1.43. The van der Waals surface area contributed by atoms with Crippen molar-refractivity contribution in [1.82, 2.24) is 15.5 Å². The fourth-order valence-electron chi connectivity index (χ4n) is 5.43. The summed E-state index contributed by atoms with van der Waals surface area (Å²) in [6, 6.07) is 9.60. The van der Waals surface area contributed by atoms with Crippen LogP contribution >= 0.6 is 0 Å². The number of nitrogens with one attached hydrogen (secondary N) is 2. The standard InChI is InChI=1S/C32H39N5O8/c1-2-28(40)35-24(18-29(41)42)32(45)37-14-6-5-9-25(37)31(44)36-23(26(38)17-22(30(34)43)12-13-27(33)39)16-19-10-11-20-7-3-4-8-21(20)15-19/h2-4,7-8,10-11,15,22-25H,1,5-6,9,12-14,16-18H2,(H2,33,39)(H2,34,43)(H,35,40)(H,36,44)(H,41,42)/t22-,23+,24+,25+/m1/s1. The predicted molar refractivity (Wildman–Crippen MR) is 164 cm³/mol. The van der Waals surface area contributed by atoms with Gasteiger partial charge in [0.15, 0.2) is 5.78 Å². The van der Waals surface area contributed by atoms with E-state index < -0.39 is 71.8 Å². The molecule has 1 heterocycles.